The first-order chi connectivity index (χ1) is 8.69. The van der Waals surface area contributed by atoms with Gasteiger partial charge in [0.2, 0.25) is 10.0 Å². The van der Waals surface area contributed by atoms with Crippen molar-refractivity contribution in [2.24, 2.45) is 5.92 Å². The van der Waals surface area contributed by atoms with Crippen LogP contribution in [0.15, 0.2) is 10.3 Å². The second kappa shape index (κ2) is 6.00. The zero-order valence-corrected chi connectivity index (χ0v) is 12.5. The zero-order chi connectivity index (χ0) is 14.8. The van der Waals surface area contributed by atoms with E-state index < -0.39 is 22.0 Å². The monoisotopic (exact) mass is 307 g/mol. The molecular formula is C11H17NO5S2. The third-order valence-electron chi connectivity index (χ3n) is 2.66. The van der Waals surface area contributed by atoms with Gasteiger partial charge < -0.3 is 10.2 Å². The van der Waals surface area contributed by atoms with E-state index in [2.05, 4.69) is 4.72 Å². The molecule has 0 aliphatic heterocycles. The van der Waals surface area contributed by atoms with Crippen molar-refractivity contribution in [3.8, 4) is 0 Å². The number of aliphatic hydroxyl groups excluding tert-OH is 1. The summed E-state index contributed by atoms with van der Waals surface area (Å²) in [6.45, 7) is 4.80. The number of carboxylic acid groups (broad SMARTS) is 1. The zero-order valence-electron chi connectivity index (χ0n) is 10.9. The van der Waals surface area contributed by atoms with Gasteiger partial charge >= 0.3 is 5.97 Å². The normalized spacial score (nSPS) is 13.7. The van der Waals surface area contributed by atoms with E-state index in [4.69, 9.17) is 10.2 Å². The van der Waals surface area contributed by atoms with Crippen LogP contribution in [0.25, 0.3) is 0 Å². The molecule has 0 saturated heterocycles. The van der Waals surface area contributed by atoms with E-state index >= 15 is 0 Å². The first-order valence-electron chi connectivity index (χ1n) is 5.66. The van der Waals surface area contributed by atoms with Crippen LogP contribution in [-0.4, -0.2) is 37.2 Å². The first-order valence-corrected chi connectivity index (χ1v) is 7.96. The Hall–Kier alpha value is -0.960. The summed E-state index contributed by atoms with van der Waals surface area (Å²) in [6.07, 6.45) is 0. The van der Waals surface area contributed by atoms with E-state index in [-0.39, 0.29) is 21.6 Å². The van der Waals surface area contributed by atoms with Crippen LogP contribution in [0.1, 0.15) is 29.1 Å². The van der Waals surface area contributed by atoms with Gasteiger partial charge in [-0.15, -0.1) is 11.3 Å². The molecule has 1 aromatic rings. The highest BCUT2D eigenvalue weighted by Crippen LogP contribution is 2.26. The molecule has 0 aliphatic rings. The van der Waals surface area contributed by atoms with Crippen molar-refractivity contribution in [1.82, 2.24) is 4.72 Å². The van der Waals surface area contributed by atoms with Crippen LogP contribution < -0.4 is 4.72 Å². The van der Waals surface area contributed by atoms with E-state index in [1.807, 2.05) is 0 Å². The fraction of sp³-hybridized carbons (Fsp3) is 0.545. The number of carboxylic acids is 1. The maximum Gasteiger partial charge on any atom is 0.346 e. The lowest BCUT2D eigenvalue weighted by Crippen LogP contribution is -2.40. The number of rotatable bonds is 6. The number of hydrogen-bond donors (Lipinski definition) is 3. The van der Waals surface area contributed by atoms with Crippen molar-refractivity contribution < 1.29 is 23.4 Å². The fourth-order valence-electron chi connectivity index (χ4n) is 1.44. The highest BCUT2D eigenvalue weighted by molar-refractivity contribution is 7.91. The number of sulfonamides is 1. The molecule has 0 aliphatic carbocycles. The average Bonchev–Trinajstić information content (AvgIpc) is 2.68. The second-order valence-corrected chi connectivity index (χ2v) is 7.53. The van der Waals surface area contributed by atoms with Crippen LogP contribution in [-0.2, 0) is 10.0 Å². The van der Waals surface area contributed by atoms with Crippen molar-refractivity contribution >= 4 is 27.3 Å². The minimum Gasteiger partial charge on any atom is -0.477 e. The van der Waals surface area contributed by atoms with Gasteiger partial charge in [0.25, 0.3) is 0 Å². The second-order valence-electron chi connectivity index (χ2n) is 4.54. The summed E-state index contributed by atoms with van der Waals surface area (Å²) in [7, 11) is -3.81. The largest absolute Gasteiger partial charge is 0.477 e. The number of thiophene rings is 1. The van der Waals surface area contributed by atoms with Gasteiger partial charge in [-0.25, -0.2) is 17.9 Å². The SMILES string of the molecule is Cc1cc(S(=O)(=O)N[C@H](CO)C(C)C)sc1C(=O)O. The molecule has 8 heteroatoms. The summed E-state index contributed by atoms with van der Waals surface area (Å²) in [5.74, 6) is -1.22. The molecule has 108 valence electrons. The molecule has 0 amide bonds. The van der Waals surface area contributed by atoms with E-state index in [9.17, 15) is 13.2 Å². The van der Waals surface area contributed by atoms with Crippen LogP contribution in [0.2, 0.25) is 0 Å². The average molecular weight is 307 g/mol. The summed E-state index contributed by atoms with van der Waals surface area (Å²) in [4.78, 5) is 10.9. The highest BCUT2D eigenvalue weighted by atomic mass is 32.2. The van der Waals surface area contributed by atoms with E-state index in [1.165, 1.54) is 6.07 Å². The smallest absolute Gasteiger partial charge is 0.346 e. The van der Waals surface area contributed by atoms with Crippen molar-refractivity contribution in [2.75, 3.05) is 6.61 Å². The first kappa shape index (κ1) is 16.1. The summed E-state index contributed by atoms with van der Waals surface area (Å²) >= 11 is 0.707. The Morgan fingerprint density at radius 1 is 1.47 bits per heavy atom. The number of nitrogens with one attached hydrogen (secondary N) is 1. The Bertz CT molecular complexity index is 562. The molecule has 1 rings (SSSR count). The molecule has 1 heterocycles. The quantitative estimate of drug-likeness (QED) is 0.729. The molecule has 6 nitrogen and oxygen atoms in total. The molecule has 0 bridgehead atoms. The van der Waals surface area contributed by atoms with Gasteiger partial charge in [0.1, 0.15) is 9.09 Å². The van der Waals surface area contributed by atoms with Crippen LogP contribution in [0, 0.1) is 12.8 Å². The van der Waals surface area contributed by atoms with Gasteiger partial charge in [-0.2, -0.15) is 0 Å². The molecule has 0 spiro atoms. The van der Waals surface area contributed by atoms with Crippen LogP contribution >= 0.6 is 11.3 Å². The number of aryl methyl sites for hydroxylation is 1. The molecule has 0 unspecified atom stereocenters. The predicted molar refractivity (Wildman–Crippen MR) is 72.0 cm³/mol. The summed E-state index contributed by atoms with van der Waals surface area (Å²) in [6, 6.07) is 0.728. The molecule has 1 aromatic heterocycles. The molecule has 19 heavy (non-hydrogen) atoms. The number of carbonyl (C=O) groups is 1. The number of aliphatic hydroxyl groups is 1. The molecule has 0 aromatic carbocycles. The summed E-state index contributed by atoms with van der Waals surface area (Å²) < 4.78 is 26.5. The van der Waals surface area contributed by atoms with Gasteiger partial charge in [-0.05, 0) is 24.5 Å². The Kier molecular flexibility index (Phi) is 5.08. The standard InChI is InChI=1S/C11H17NO5S2/c1-6(2)8(5-13)12-19(16,17)9-4-7(3)10(18-9)11(14)15/h4,6,8,12-13H,5H2,1-3H3,(H,14,15)/t8-/m1/s1. The van der Waals surface area contributed by atoms with E-state index in [1.54, 1.807) is 20.8 Å². The fourth-order valence-corrected chi connectivity index (χ4v) is 4.21. The highest BCUT2D eigenvalue weighted by Gasteiger charge is 2.25. The Balaban J connectivity index is 3.07. The van der Waals surface area contributed by atoms with Crippen molar-refractivity contribution in [1.29, 1.82) is 0 Å². The molecule has 0 radical (unpaired) electrons. The molecule has 1 atom stereocenters. The lowest BCUT2D eigenvalue weighted by atomic mass is 10.1. The Morgan fingerprint density at radius 3 is 2.42 bits per heavy atom. The minimum absolute atomic E-state index is 0.00507. The van der Waals surface area contributed by atoms with Crippen molar-refractivity contribution in [3.63, 3.8) is 0 Å². The summed E-state index contributed by atoms with van der Waals surface area (Å²) in [5.41, 5.74) is 0.406. The third-order valence-corrected chi connectivity index (χ3v) is 5.85. The topological polar surface area (TPSA) is 104 Å². The van der Waals surface area contributed by atoms with Gasteiger partial charge in [-0.3, -0.25) is 0 Å². The lowest BCUT2D eigenvalue weighted by molar-refractivity contribution is 0.0701. The maximum absolute atomic E-state index is 12.1. The predicted octanol–water partition coefficient (Wildman–Crippen LogP) is 1.05. The lowest BCUT2D eigenvalue weighted by Gasteiger charge is -2.19. The van der Waals surface area contributed by atoms with E-state index in [0.717, 1.165) is 0 Å². The molecule has 0 fully saturated rings. The molecular weight excluding hydrogens is 290 g/mol. The van der Waals surface area contributed by atoms with Crippen LogP contribution in [0.3, 0.4) is 0 Å². The van der Waals surface area contributed by atoms with Crippen LogP contribution in [0.4, 0.5) is 0 Å². The minimum atomic E-state index is -3.81. The van der Waals surface area contributed by atoms with Gasteiger partial charge in [0, 0.05) is 6.04 Å². The summed E-state index contributed by atoms with van der Waals surface area (Å²) in [5, 5.41) is 18.1. The number of aromatic carboxylic acids is 1. The molecule has 3 N–H and O–H groups in total. The van der Waals surface area contributed by atoms with Gasteiger partial charge in [-0.1, -0.05) is 13.8 Å². The molecule has 0 saturated carbocycles. The third kappa shape index (κ3) is 3.75. The van der Waals surface area contributed by atoms with Crippen molar-refractivity contribution in [3.05, 3.63) is 16.5 Å². The van der Waals surface area contributed by atoms with Crippen molar-refractivity contribution in [2.45, 2.75) is 31.0 Å². The van der Waals surface area contributed by atoms with Crippen LogP contribution in [0.5, 0.6) is 0 Å². The Labute approximate surface area is 116 Å². The van der Waals surface area contributed by atoms with Gasteiger partial charge in [0.15, 0.2) is 0 Å². The Morgan fingerprint density at radius 2 is 2.05 bits per heavy atom. The number of hydrogen-bond acceptors (Lipinski definition) is 5. The van der Waals surface area contributed by atoms with E-state index in [0.29, 0.717) is 16.9 Å². The maximum atomic E-state index is 12.1. The van der Waals surface area contributed by atoms with Gasteiger partial charge in [0.05, 0.1) is 6.61 Å².